The van der Waals surface area contributed by atoms with E-state index in [0.29, 0.717) is 19.4 Å². The normalized spacial score (nSPS) is 24.6. The number of halogens is 1. The van der Waals surface area contributed by atoms with E-state index in [1.807, 2.05) is 4.67 Å². The second-order valence-corrected chi connectivity index (χ2v) is 10.2. The van der Waals surface area contributed by atoms with E-state index in [1.165, 1.54) is 11.1 Å². The molecular formula is C19H35BrNO3P. The molecule has 2 unspecified atom stereocenters. The summed E-state index contributed by atoms with van der Waals surface area (Å²) in [6, 6.07) is 0. The lowest BCUT2D eigenvalue weighted by molar-refractivity contribution is 0.0528. The molecule has 0 aliphatic carbocycles. The summed E-state index contributed by atoms with van der Waals surface area (Å²) in [5.41, 5.74) is 2.71. The average Bonchev–Trinajstić information content (AvgIpc) is 2.54. The molecule has 0 aromatic carbocycles. The third-order valence-electron chi connectivity index (χ3n) is 4.28. The first-order valence-electron chi connectivity index (χ1n) is 9.37. The molecule has 1 heterocycles. The predicted molar refractivity (Wildman–Crippen MR) is 111 cm³/mol. The highest BCUT2D eigenvalue weighted by atomic mass is 79.9. The van der Waals surface area contributed by atoms with Gasteiger partial charge in [-0.2, -0.15) is 0 Å². The molecule has 1 rings (SSSR count). The highest BCUT2D eigenvalue weighted by molar-refractivity contribution is 9.09. The summed E-state index contributed by atoms with van der Waals surface area (Å²) in [5, 5.41) is 0.805. The summed E-state index contributed by atoms with van der Waals surface area (Å²) >= 11 is 3.45. The van der Waals surface area contributed by atoms with E-state index in [1.54, 1.807) is 0 Å². The van der Waals surface area contributed by atoms with Crippen molar-refractivity contribution in [2.45, 2.75) is 59.5 Å². The molecule has 0 bridgehead atoms. The summed E-state index contributed by atoms with van der Waals surface area (Å²) in [6.07, 6.45) is 8.88. The molecule has 25 heavy (non-hydrogen) atoms. The van der Waals surface area contributed by atoms with Crippen molar-refractivity contribution in [1.29, 1.82) is 0 Å². The standard InChI is InChI=1S/C19H35BrNO3P/c1-5-12-21(13-11-20)25(22)16-19(10-15-24-25)23-14-9-18(4)8-6-7-17(2)3/h7,9,19H,5-6,8,10-16H2,1-4H3/b18-9+. The van der Waals surface area contributed by atoms with Crippen LogP contribution in [0.25, 0.3) is 0 Å². The molecule has 1 aliphatic rings. The number of allylic oxidation sites excluding steroid dienone is 3. The minimum atomic E-state index is -2.76. The fourth-order valence-corrected chi connectivity index (χ4v) is 6.16. The molecule has 1 fully saturated rings. The molecule has 0 N–H and O–H groups in total. The van der Waals surface area contributed by atoms with Gasteiger partial charge in [0.15, 0.2) is 0 Å². The minimum Gasteiger partial charge on any atom is -0.373 e. The maximum atomic E-state index is 13.2. The fraction of sp³-hybridized carbons (Fsp3) is 0.789. The van der Waals surface area contributed by atoms with Crippen molar-refractivity contribution in [3.63, 3.8) is 0 Å². The first kappa shape index (κ1) is 23.1. The van der Waals surface area contributed by atoms with Gasteiger partial charge in [-0.05, 0) is 46.5 Å². The molecule has 0 radical (unpaired) electrons. The zero-order valence-corrected chi connectivity index (χ0v) is 18.8. The third kappa shape index (κ3) is 9.01. The average molecular weight is 436 g/mol. The van der Waals surface area contributed by atoms with Crippen LogP contribution in [0.3, 0.4) is 0 Å². The predicted octanol–water partition coefficient (Wildman–Crippen LogP) is 5.78. The first-order valence-corrected chi connectivity index (χ1v) is 12.2. The minimum absolute atomic E-state index is 0.0242. The Kier molecular flexibility index (Phi) is 11.5. The Morgan fingerprint density at radius 1 is 1.32 bits per heavy atom. The smallest absolute Gasteiger partial charge is 0.275 e. The first-order chi connectivity index (χ1) is 11.9. The summed E-state index contributed by atoms with van der Waals surface area (Å²) in [5.74, 6) is 0. The summed E-state index contributed by atoms with van der Waals surface area (Å²) < 4.78 is 26.9. The monoisotopic (exact) mass is 435 g/mol. The van der Waals surface area contributed by atoms with Crippen molar-refractivity contribution in [1.82, 2.24) is 4.67 Å². The van der Waals surface area contributed by atoms with Crippen LogP contribution >= 0.6 is 23.4 Å². The highest BCUT2D eigenvalue weighted by Gasteiger charge is 2.37. The van der Waals surface area contributed by atoms with Crippen molar-refractivity contribution in [3.8, 4) is 0 Å². The summed E-state index contributed by atoms with van der Waals surface area (Å²) in [7, 11) is -2.76. The number of nitrogens with zero attached hydrogens (tertiary/aromatic N) is 1. The molecule has 4 nitrogen and oxygen atoms in total. The van der Waals surface area contributed by atoms with Gasteiger partial charge in [-0.3, -0.25) is 4.57 Å². The second kappa shape index (κ2) is 12.5. The zero-order valence-electron chi connectivity index (χ0n) is 16.3. The topological polar surface area (TPSA) is 38.8 Å². The fourth-order valence-electron chi connectivity index (χ4n) is 2.85. The number of rotatable bonds is 11. The molecular weight excluding hydrogens is 401 g/mol. The molecule has 0 aromatic rings. The molecule has 146 valence electrons. The number of ether oxygens (including phenoxy) is 1. The number of alkyl halides is 1. The summed E-state index contributed by atoms with van der Waals surface area (Å²) in [6.45, 7) is 11.2. The largest absolute Gasteiger partial charge is 0.373 e. The van der Waals surface area contributed by atoms with Gasteiger partial charge in [0.1, 0.15) is 0 Å². The Balaban J connectivity index is 2.49. The van der Waals surface area contributed by atoms with E-state index >= 15 is 0 Å². The van der Waals surface area contributed by atoms with Gasteiger partial charge in [0.25, 0.3) is 7.52 Å². The Hall–Kier alpha value is 0.0700. The van der Waals surface area contributed by atoms with Crippen LogP contribution in [0.5, 0.6) is 0 Å². The Morgan fingerprint density at radius 3 is 2.72 bits per heavy atom. The zero-order chi connectivity index (χ0) is 18.7. The third-order valence-corrected chi connectivity index (χ3v) is 7.35. The quantitative estimate of drug-likeness (QED) is 0.234. The van der Waals surface area contributed by atoms with Crippen LogP contribution in [0.4, 0.5) is 0 Å². The van der Waals surface area contributed by atoms with Crippen LogP contribution in [0.15, 0.2) is 23.3 Å². The molecule has 1 saturated heterocycles. The lowest BCUT2D eigenvalue weighted by Crippen LogP contribution is -2.34. The van der Waals surface area contributed by atoms with Crippen LogP contribution < -0.4 is 0 Å². The molecule has 1 aliphatic heterocycles. The maximum Gasteiger partial charge on any atom is 0.275 e. The van der Waals surface area contributed by atoms with Crippen LogP contribution in [0, 0.1) is 0 Å². The molecule has 0 spiro atoms. The van der Waals surface area contributed by atoms with E-state index in [-0.39, 0.29) is 6.10 Å². The van der Waals surface area contributed by atoms with Crippen LogP contribution in [0.2, 0.25) is 0 Å². The van der Waals surface area contributed by atoms with E-state index in [4.69, 9.17) is 9.26 Å². The van der Waals surface area contributed by atoms with Gasteiger partial charge in [0, 0.05) is 18.4 Å². The molecule has 2 atom stereocenters. The van der Waals surface area contributed by atoms with Gasteiger partial charge in [0.2, 0.25) is 0 Å². The van der Waals surface area contributed by atoms with Crippen molar-refractivity contribution in [3.05, 3.63) is 23.3 Å². The van der Waals surface area contributed by atoms with Crippen LogP contribution in [-0.4, -0.2) is 48.6 Å². The molecule has 0 aromatic heterocycles. The SMILES string of the molecule is CCCN(CCBr)P1(=O)CC(OC/C=C(\C)CCC=C(C)C)CCO1. The van der Waals surface area contributed by atoms with Gasteiger partial charge < -0.3 is 9.26 Å². The van der Waals surface area contributed by atoms with Crippen molar-refractivity contribution >= 4 is 23.4 Å². The Bertz CT molecular complexity index is 483. The Labute approximate surface area is 162 Å². The summed E-state index contributed by atoms with van der Waals surface area (Å²) in [4.78, 5) is 0. The van der Waals surface area contributed by atoms with E-state index < -0.39 is 7.52 Å². The number of hydrogen-bond donors (Lipinski definition) is 0. The lowest BCUT2D eigenvalue weighted by atomic mass is 10.1. The van der Waals surface area contributed by atoms with Crippen molar-refractivity contribution in [2.24, 2.45) is 0 Å². The Morgan fingerprint density at radius 2 is 2.08 bits per heavy atom. The second-order valence-electron chi connectivity index (χ2n) is 6.91. The van der Waals surface area contributed by atoms with E-state index in [2.05, 4.69) is 55.8 Å². The maximum absolute atomic E-state index is 13.2. The van der Waals surface area contributed by atoms with E-state index in [0.717, 1.165) is 44.1 Å². The highest BCUT2D eigenvalue weighted by Crippen LogP contribution is 2.54. The van der Waals surface area contributed by atoms with Crippen LogP contribution in [-0.2, 0) is 13.8 Å². The molecule has 0 amide bonds. The molecule has 6 heteroatoms. The van der Waals surface area contributed by atoms with Gasteiger partial charge in [0.05, 0.1) is 25.5 Å². The van der Waals surface area contributed by atoms with Gasteiger partial charge >= 0.3 is 0 Å². The van der Waals surface area contributed by atoms with Crippen molar-refractivity contribution in [2.75, 3.05) is 37.8 Å². The van der Waals surface area contributed by atoms with Gasteiger partial charge in [-0.1, -0.05) is 46.2 Å². The number of hydrogen-bond acceptors (Lipinski definition) is 3. The van der Waals surface area contributed by atoms with Crippen molar-refractivity contribution < 1.29 is 13.8 Å². The van der Waals surface area contributed by atoms with E-state index in [9.17, 15) is 4.57 Å². The lowest BCUT2D eigenvalue weighted by Gasteiger charge is -2.36. The van der Waals surface area contributed by atoms with Crippen LogP contribution in [0.1, 0.15) is 53.4 Å². The van der Waals surface area contributed by atoms with Gasteiger partial charge in [-0.15, -0.1) is 0 Å². The molecule has 0 saturated carbocycles. The van der Waals surface area contributed by atoms with Gasteiger partial charge in [-0.25, -0.2) is 4.67 Å².